The molecule has 2 aromatic rings. The molecule has 0 unspecified atom stereocenters. The number of pyridine rings is 1. The molecule has 0 saturated heterocycles. The highest BCUT2D eigenvalue weighted by Gasteiger charge is 2.22. The highest BCUT2D eigenvalue weighted by Crippen LogP contribution is 2.34. The average molecular weight is 311 g/mol. The number of aromatic nitrogens is 1. The lowest BCUT2D eigenvalue weighted by Crippen LogP contribution is -2.12. The molecule has 0 aliphatic heterocycles. The fourth-order valence-electron chi connectivity index (χ4n) is 3.50. The summed E-state index contributed by atoms with van der Waals surface area (Å²) in [4.78, 5) is 16.6. The summed E-state index contributed by atoms with van der Waals surface area (Å²) in [6.07, 6.45) is 5.96. The van der Waals surface area contributed by atoms with Crippen molar-refractivity contribution in [3.05, 3.63) is 41.1 Å². The highest BCUT2D eigenvalue weighted by atomic mass is 16.4. The molecule has 0 radical (unpaired) electrons. The van der Waals surface area contributed by atoms with Gasteiger partial charge >= 0.3 is 5.97 Å². The quantitative estimate of drug-likeness (QED) is 0.821. The zero-order valence-electron chi connectivity index (χ0n) is 14.2. The van der Waals surface area contributed by atoms with E-state index in [-0.39, 0.29) is 5.41 Å². The smallest absolute Gasteiger partial charge is 0.336 e. The third-order valence-electron chi connectivity index (χ3n) is 4.95. The Balaban J connectivity index is 2.15. The topological polar surface area (TPSA) is 50.2 Å². The lowest BCUT2D eigenvalue weighted by atomic mass is 9.84. The predicted octanol–water partition coefficient (Wildman–Crippen LogP) is 5.28. The van der Waals surface area contributed by atoms with E-state index < -0.39 is 5.97 Å². The van der Waals surface area contributed by atoms with Crippen LogP contribution in [0.1, 0.15) is 80.4 Å². The molecule has 1 saturated carbocycles. The second kappa shape index (κ2) is 5.95. The van der Waals surface area contributed by atoms with E-state index in [0.717, 1.165) is 35.0 Å². The summed E-state index contributed by atoms with van der Waals surface area (Å²) in [6.45, 7) is 6.41. The Kier molecular flexibility index (Phi) is 4.13. The molecule has 3 nitrogen and oxygen atoms in total. The molecule has 1 aliphatic carbocycles. The van der Waals surface area contributed by atoms with Crippen LogP contribution in [0.5, 0.6) is 0 Å². The summed E-state index contributed by atoms with van der Waals surface area (Å²) in [5, 5.41) is 10.4. The normalized spacial score (nSPS) is 16.7. The molecule has 0 bridgehead atoms. The van der Waals surface area contributed by atoms with Crippen molar-refractivity contribution >= 4 is 16.9 Å². The van der Waals surface area contributed by atoms with Gasteiger partial charge in [-0.3, -0.25) is 4.98 Å². The summed E-state index contributed by atoms with van der Waals surface area (Å²) in [5.74, 6) is -0.450. The Bertz CT molecular complexity index is 737. The van der Waals surface area contributed by atoms with Crippen molar-refractivity contribution in [2.24, 2.45) is 0 Å². The molecule has 1 fully saturated rings. The number of carboxylic acid groups (broad SMARTS) is 1. The minimum Gasteiger partial charge on any atom is -0.478 e. The highest BCUT2D eigenvalue weighted by molar-refractivity contribution is 6.02. The lowest BCUT2D eigenvalue weighted by molar-refractivity contribution is 0.0698. The Labute approximate surface area is 137 Å². The number of benzene rings is 1. The van der Waals surface area contributed by atoms with Crippen LogP contribution in [0.4, 0.5) is 0 Å². The Morgan fingerprint density at radius 1 is 1.13 bits per heavy atom. The van der Waals surface area contributed by atoms with Crippen LogP contribution in [-0.4, -0.2) is 16.1 Å². The SMILES string of the molecule is CC(C)(C)c1ccc2nc(C3CCCCC3)cc(C(=O)O)c2c1. The number of carboxylic acids is 1. The monoisotopic (exact) mass is 311 g/mol. The number of hydrogen-bond donors (Lipinski definition) is 1. The van der Waals surface area contributed by atoms with Crippen LogP contribution in [0.25, 0.3) is 10.9 Å². The van der Waals surface area contributed by atoms with Gasteiger partial charge in [-0.05, 0) is 42.0 Å². The lowest BCUT2D eigenvalue weighted by Gasteiger charge is -2.23. The molecule has 23 heavy (non-hydrogen) atoms. The maximum atomic E-state index is 11.8. The summed E-state index contributed by atoms with van der Waals surface area (Å²) < 4.78 is 0. The molecule has 1 aromatic heterocycles. The molecular formula is C20H25NO2. The van der Waals surface area contributed by atoms with Gasteiger partial charge in [-0.15, -0.1) is 0 Å². The fourth-order valence-corrected chi connectivity index (χ4v) is 3.50. The van der Waals surface area contributed by atoms with Crippen molar-refractivity contribution < 1.29 is 9.90 Å². The number of hydrogen-bond acceptors (Lipinski definition) is 2. The van der Waals surface area contributed by atoms with Crippen LogP contribution < -0.4 is 0 Å². The number of fused-ring (bicyclic) bond motifs is 1. The zero-order valence-corrected chi connectivity index (χ0v) is 14.2. The van der Waals surface area contributed by atoms with E-state index in [0.29, 0.717) is 11.5 Å². The third kappa shape index (κ3) is 3.24. The van der Waals surface area contributed by atoms with Crippen LogP contribution in [0.3, 0.4) is 0 Å². The first-order chi connectivity index (χ1) is 10.9. The van der Waals surface area contributed by atoms with Gasteiger partial charge in [-0.25, -0.2) is 4.79 Å². The van der Waals surface area contributed by atoms with E-state index in [2.05, 4.69) is 26.8 Å². The Hall–Kier alpha value is -1.90. The minimum atomic E-state index is -0.861. The summed E-state index contributed by atoms with van der Waals surface area (Å²) in [5.41, 5.74) is 3.28. The average Bonchev–Trinajstić information content (AvgIpc) is 2.53. The van der Waals surface area contributed by atoms with Crippen LogP contribution in [0, 0.1) is 0 Å². The van der Waals surface area contributed by atoms with Gasteiger partial charge in [0, 0.05) is 17.0 Å². The van der Waals surface area contributed by atoms with Gasteiger partial charge in [0.05, 0.1) is 11.1 Å². The maximum absolute atomic E-state index is 11.8. The van der Waals surface area contributed by atoms with Gasteiger partial charge in [-0.1, -0.05) is 46.1 Å². The molecular weight excluding hydrogens is 286 g/mol. The first-order valence-electron chi connectivity index (χ1n) is 8.55. The maximum Gasteiger partial charge on any atom is 0.336 e. The van der Waals surface area contributed by atoms with Crippen molar-refractivity contribution in [2.45, 2.75) is 64.2 Å². The predicted molar refractivity (Wildman–Crippen MR) is 93.2 cm³/mol. The molecule has 1 heterocycles. The van der Waals surface area contributed by atoms with Gasteiger partial charge in [0.15, 0.2) is 0 Å². The van der Waals surface area contributed by atoms with Crippen LogP contribution in [-0.2, 0) is 5.41 Å². The minimum absolute atomic E-state index is 0.00793. The molecule has 1 aliphatic rings. The molecule has 3 heteroatoms. The van der Waals surface area contributed by atoms with Gasteiger partial charge in [0.2, 0.25) is 0 Å². The molecule has 0 spiro atoms. The Morgan fingerprint density at radius 3 is 2.43 bits per heavy atom. The van der Waals surface area contributed by atoms with E-state index in [1.165, 1.54) is 19.3 Å². The van der Waals surface area contributed by atoms with Gasteiger partial charge in [0.1, 0.15) is 0 Å². The van der Waals surface area contributed by atoms with E-state index in [9.17, 15) is 9.90 Å². The van der Waals surface area contributed by atoms with E-state index in [4.69, 9.17) is 4.98 Å². The van der Waals surface area contributed by atoms with Crippen molar-refractivity contribution in [3.8, 4) is 0 Å². The molecule has 1 N–H and O–H groups in total. The van der Waals surface area contributed by atoms with E-state index >= 15 is 0 Å². The molecule has 1 aromatic carbocycles. The molecule has 122 valence electrons. The first kappa shape index (κ1) is 16.0. The number of rotatable bonds is 2. The van der Waals surface area contributed by atoms with E-state index in [1.807, 2.05) is 18.2 Å². The second-order valence-corrected chi connectivity index (χ2v) is 7.72. The zero-order chi connectivity index (χ0) is 16.6. The van der Waals surface area contributed by atoms with Crippen molar-refractivity contribution in [2.75, 3.05) is 0 Å². The molecule has 0 amide bonds. The van der Waals surface area contributed by atoms with Gasteiger partial charge in [-0.2, -0.15) is 0 Å². The van der Waals surface area contributed by atoms with Gasteiger partial charge < -0.3 is 5.11 Å². The van der Waals surface area contributed by atoms with Gasteiger partial charge in [0.25, 0.3) is 0 Å². The van der Waals surface area contributed by atoms with E-state index in [1.54, 1.807) is 0 Å². The fraction of sp³-hybridized carbons (Fsp3) is 0.500. The van der Waals surface area contributed by atoms with Crippen molar-refractivity contribution in [3.63, 3.8) is 0 Å². The number of aromatic carboxylic acids is 1. The number of nitrogens with zero attached hydrogens (tertiary/aromatic N) is 1. The summed E-state index contributed by atoms with van der Waals surface area (Å²) in [7, 11) is 0. The van der Waals surface area contributed by atoms with Crippen LogP contribution in [0.2, 0.25) is 0 Å². The molecule has 0 atom stereocenters. The number of carbonyl (C=O) groups is 1. The second-order valence-electron chi connectivity index (χ2n) is 7.72. The largest absolute Gasteiger partial charge is 0.478 e. The van der Waals surface area contributed by atoms with Crippen molar-refractivity contribution in [1.29, 1.82) is 0 Å². The first-order valence-corrected chi connectivity index (χ1v) is 8.55. The van der Waals surface area contributed by atoms with Crippen molar-refractivity contribution in [1.82, 2.24) is 4.98 Å². The van der Waals surface area contributed by atoms with Crippen LogP contribution in [0.15, 0.2) is 24.3 Å². The molecule has 3 rings (SSSR count). The van der Waals surface area contributed by atoms with Crippen LogP contribution >= 0.6 is 0 Å². The standard InChI is InChI=1S/C20H25NO2/c1-20(2,3)14-9-10-17-15(11-14)16(19(22)23)12-18(21-17)13-7-5-4-6-8-13/h9-13H,4-8H2,1-3H3,(H,22,23). The summed E-state index contributed by atoms with van der Waals surface area (Å²) in [6, 6.07) is 7.86. The Morgan fingerprint density at radius 2 is 1.83 bits per heavy atom. The third-order valence-corrected chi connectivity index (χ3v) is 4.95. The summed E-state index contributed by atoms with van der Waals surface area (Å²) >= 11 is 0.